The molecule has 178 valence electrons. The number of amides is 2. The zero-order chi connectivity index (χ0) is 24.2. The Hall–Kier alpha value is -3.70. The molecule has 35 heavy (non-hydrogen) atoms. The minimum Gasteiger partial charge on any atom is -0.474 e. The van der Waals surface area contributed by atoms with Gasteiger partial charge in [0.1, 0.15) is 18.2 Å². The molecule has 5 rings (SSSR count). The Labute approximate surface area is 209 Å². The van der Waals surface area contributed by atoms with Crippen molar-refractivity contribution in [3.05, 3.63) is 64.5 Å². The standard InChI is InChI=1S/C23H19ClN6O4S/c24-15-11-25-22(26-12-15)30-7-5-17(6-8-30)34-20-10-19(27-13-28-20)33-16-3-1-14(2-4-16)9-18-21(31)29-23(32)35-18/h1-4,9-13,17H,5-8H2,(H,29,31,32)/b18-9+. The Bertz CT molecular complexity index is 1260. The molecule has 2 aliphatic rings. The van der Waals surface area contributed by atoms with E-state index < -0.39 is 5.91 Å². The molecule has 0 radical (unpaired) electrons. The number of thioether (sulfide) groups is 1. The molecule has 2 aromatic heterocycles. The average molecular weight is 511 g/mol. The van der Waals surface area contributed by atoms with Crippen molar-refractivity contribution in [2.75, 3.05) is 18.0 Å². The predicted molar refractivity (Wildman–Crippen MR) is 131 cm³/mol. The maximum atomic E-state index is 11.7. The van der Waals surface area contributed by atoms with Gasteiger partial charge in [-0.05, 0) is 35.5 Å². The summed E-state index contributed by atoms with van der Waals surface area (Å²) in [4.78, 5) is 42.3. The van der Waals surface area contributed by atoms with Gasteiger partial charge in [-0.2, -0.15) is 0 Å². The normalized spacial score (nSPS) is 17.5. The van der Waals surface area contributed by atoms with Crippen LogP contribution in [0.15, 0.2) is 54.0 Å². The van der Waals surface area contributed by atoms with E-state index >= 15 is 0 Å². The predicted octanol–water partition coefficient (Wildman–Crippen LogP) is 4.08. The molecule has 0 unspecified atom stereocenters. The fourth-order valence-electron chi connectivity index (χ4n) is 3.58. The number of rotatable bonds is 6. The van der Waals surface area contributed by atoms with Crippen LogP contribution < -0.4 is 19.7 Å². The molecule has 0 spiro atoms. The van der Waals surface area contributed by atoms with Gasteiger partial charge in [0.15, 0.2) is 0 Å². The van der Waals surface area contributed by atoms with Gasteiger partial charge in [-0.15, -0.1) is 0 Å². The van der Waals surface area contributed by atoms with Gasteiger partial charge in [0.25, 0.3) is 11.1 Å². The van der Waals surface area contributed by atoms with E-state index in [1.807, 2.05) is 0 Å². The summed E-state index contributed by atoms with van der Waals surface area (Å²) in [6.45, 7) is 1.52. The maximum Gasteiger partial charge on any atom is 0.290 e. The van der Waals surface area contributed by atoms with Gasteiger partial charge < -0.3 is 14.4 Å². The van der Waals surface area contributed by atoms with Gasteiger partial charge in [-0.3, -0.25) is 14.9 Å². The highest BCUT2D eigenvalue weighted by Crippen LogP contribution is 2.28. The topological polar surface area (TPSA) is 119 Å². The van der Waals surface area contributed by atoms with Gasteiger partial charge in [0, 0.05) is 25.9 Å². The molecule has 1 aromatic carbocycles. The summed E-state index contributed by atoms with van der Waals surface area (Å²) in [6, 6.07) is 8.73. The Morgan fingerprint density at radius 2 is 1.74 bits per heavy atom. The van der Waals surface area contributed by atoms with E-state index in [0.29, 0.717) is 33.4 Å². The molecule has 10 nitrogen and oxygen atoms in total. The first-order valence-electron chi connectivity index (χ1n) is 10.8. The van der Waals surface area contributed by atoms with E-state index in [0.717, 1.165) is 43.3 Å². The number of halogens is 1. The number of piperidine rings is 1. The largest absolute Gasteiger partial charge is 0.474 e. The summed E-state index contributed by atoms with van der Waals surface area (Å²) in [5.74, 6) is 1.62. The Morgan fingerprint density at radius 3 is 2.43 bits per heavy atom. The van der Waals surface area contributed by atoms with E-state index in [9.17, 15) is 9.59 Å². The SMILES string of the molecule is O=C1NC(=O)/C(=C\c2ccc(Oc3cc(OC4CCN(c5ncc(Cl)cn5)CC4)ncn3)cc2)S1. The second-order valence-electron chi connectivity index (χ2n) is 7.72. The third-order valence-corrected chi connectivity index (χ3v) is 6.28. The molecule has 0 aliphatic carbocycles. The van der Waals surface area contributed by atoms with Crippen LogP contribution in [0, 0.1) is 0 Å². The molecule has 1 N–H and O–H groups in total. The van der Waals surface area contributed by atoms with Crippen LogP contribution in [0.2, 0.25) is 5.02 Å². The first-order valence-corrected chi connectivity index (χ1v) is 12.0. The highest BCUT2D eigenvalue weighted by Gasteiger charge is 2.25. The van der Waals surface area contributed by atoms with Crippen LogP contribution in [0.4, 0.5) is 10.7 Å². The number of carbonyl (C=O) groups is 2. The number of ether oxygens (including phenoxy) is 2. The average Bonchev–Trinajstić information content (AvgIpc) is 3.18. The zero-order valence-electron chi connectivity index (χ0n) is 18.3. The van der Waals surface area contributed by atoms with E-state index in [-0.39, 0.29) is 11.3 Å². The number of imide groups is 1. The quantitative estimate of drug-likeness (QED) is 0.485. The van der Waals surface area contributed by atoms with Crippen LogP contribution in [-0.2, 0) is 4.79 Å². The zero-order valence-corrected chi connectivity index (χ0v) is 19.8. The number of anilines is 1. The number of nitrogens with one attached hydrogen (secondary N) is 1. The summed E-state index contributed by atoms with van der Waals surface area (Å²) in [5, 5.41) is 2.37. The lowest BCUT2D eigenvalue weighted by molar-refractivity contribution is -0.115. The van der Waals surface area contributed by atoms with Gasteiger partial charge in [0.2, 0.25) is 17.7 Å². The minimum atomic E-state index is -0.391. The third-order valence-electron chi connectivity index (χ3n) is 5.28. The van der Waals surface area contributed by atoms with Crippen LogP contribution in [0.25, 0.3) is 6.08 Å². The highest BCUT2D eigenvalue weighted by atomic mass is 35.5. The lowest BCUT2D eigenvalue weighted by Gasteiger charge is -2.31. The molecule has 3 aromatic rings. The monoisotopic (exact) mass is 510 g/mol. The molecule has 2 saturated heterocycles. The highest BCUT2D eigenvalue weighted by molar-refractivity contribution is 8.18. The summed E-state index contributed by atoms with van der Waals surface area (Å²) in [7, 11) is 0. The second-order valence-corrected chi connectivity index (χ2v) is 9.17. The van der Waals surface area contributed by atoms with Crippen LogP contribution in [0.5, 0.6) is 17.5 Å². The number of aromatic nitrogens is 4. The third kappa shape index (κ3) is 5.87. The van der Waals surface area contributed by atoms with Gasteiger partial charge in [0.05, 0.1) is 28.4 Å². The first-order chi connectivity index (χ1) is 17.0. The van der Waals surface area contributed by atoms with Gasteiger partial charge in [-0.25, -0.2) is 19.9 Å². The molecular formula is C23H19ClN6O4S. The van der Waals surface area contributed by atoms with Crippen molar-refractivity contribution in [3.8, 4) is 17.5 Å². The molecule has 2 amide bonds. The van der Waals surface area contributed by atoms with Crippen LogP contribution in [0.1, 0.15) is 18.4 Å². The lowest BCUT2D eigenvalue weighted by Crippen LogP contribution is -2.39. The first kappa shape index (κ1) is 23.1. The Morgan fingerprint density at radius 1 is 1.03 bits per heavy atom. The van der Waals surface area contributed by atoms with Gasteiger partial charge >= 0.3 is 0 Å². The molecule has 2 aliphatic heterocycles. The summed E-state index contributed by atoms with van der Waals surface area (Å²) >= 11 is 6.74. The fourth-order valence-corrected chi connectivity index (χ4v) is 4.36. The Kier molecular flexibility index (Phi) is 6.77. The summed E-state index contributed by atoms with van der Waals surface area (Å²) in [5.41, 5.74) is 0.770. The second kappa shape index (κ2) is 10.3. The van der Waals surface area contributed by atoms with Crippen molar-refractivity contribution < 1.29 is 19.1 Å². The van der Waals surface area contributed by atoms with E-state index in [1.165, 1.54) is 6.33 Å². The molecule has 12 heteroatoms. The van der Waals surface area contributed by atoms with Crippen molar-refractivity contribution in [2.24, 2.45) is 0 Å². The molecule has 2 fully saturated rings. The Balaban J connectivity index is 1.16. The number of benzene rings is 1. The number of hydrogen-bond donors (Lipinski definition) is 1. The van der Waals surface area contributed by atoms with Crippen molar-refractivity contribution in [3.63, 3.8) is 0 Å². The van der Waals surface area contributed by atoms with Crippen molar-refractivity contribution in [1.29, 1.82) is 0 Å². The molecular weight excluding hydrogens is 492 g/mol. The number of nitrogens with zero attached hydrogens (tertiary/aromatic N) is 5. The fraction of sp³-hybridized carbons (Fsp3) is 0.217. The number of hydrogen-bond acceptors (Lipinski definition) is 10. The summed E-state index contributed by atoms with van der Waals surface area (Å²) in [6.07, 6.45) is 7.83. The smallest absolute Gasteiger partial charge is 0.290 e. The van der Waals surface area contributed by atoms with Crippen molar-refractivity contribution >= 4 is 46.5 Å². The molecule has 0 bridgehead atoms. The van der Waals surface area contributed by atoms with Crippen molar-refractivity contribution in [1.82, 2.24) is 25.3 Å². The van der Waals surface area contributed by atoms with E-state index in [1.54, 1.807) is 48.8 Å². The van der Waals surface area contributed by atoms with Gasteiger partial charge in [-0.1, -0.05) is 23.7 Å². The van der Waals surface area contributed by atoms with Crippen LogP contribution in [0.3, 0.4) is 0 Å². The minimum absolute atomic E-state index is 0.00570. The molecule has 4 heterocycles. The van der Waals surface area contributed by atoms with Crippen LogP contribution in [-0.4, -0.2) is 50.3 Å². The molecule has 0 atom stereocenters. The van der Waals surface area contributed by atoms with Crippen LogP contribution >= 0.6 is 23.4 Å². The molecule has 0 saturated carbocycles. The number of carbonyl (C=O) groups excluding carboxylic acids is 2. The van der Waals surface area contributed by atoms with E-state index in [4.69, 9.17) is 21.1 Å². The van der Waals surface area contributed by atoms with E-state index in [2.05, 4.69) is 30.2 Å². The van der Waals surface area contributed by atoms with Crippen molar-refractivity contribution in [2.45, 2.75) is 18.9 Å². The lowest BCUT2D eigenvalue weighted by atomic mass is 10.1. The maximum absolute atomic E-state index is 11.7. The summed E-state index contributed by atoms with van der Waals surface area (Å²) < 4.78 is 11.9.